The van der Waals surface area contributed by atoms with Crippen LogP contribution < -0.4 is 21.3 Å². The second kappa shape index (κ2) is 19.0. The van der Waals surface area contributed by atoms with Crippen LogP contribution in [0.3, 0.4) is 0 Å². The molecule has 0 saturated heterocycles. The number of rotatable bonds is 18. The van der Waals surface area contributed by atoms with E-state index in [9.17, 15) is 9.59 Å². The van der Waals surface area contributed by atoms with E-state index in [1.807, 2.05) is 0 Å². The number of aromatic nitrogens is 2. The summed E-state index contributed by atoms with van der Waals surface area (Å²) in [4.78, 5) is 32.9. The molecule has 0 spiro atoms. The predicted molar refractivity (Wildman–Crippen MR) is 224 cm³/mol. The third kappa shape index (κ3) is 9.37. The van der Waals surface area contributed by atoms with E-state index >= 15 is 0 Å². The van der Waals surface area contributed by atoms with Crippen molar-refractivity contribution in [3.05, 3.63) is 129 Å². The molecule has 0 saturated carbocycles. The third-order valence-electron chi connectivity index (χ3n) is 10.8. The Morgan fingerprint density at radius 3 is 1.88 bits per heavy atom. The van der Waals surface area contributed by atoms with E-state index in [4.69, 9.17) is 18.9 Å². The van der Waals surface area contributed by atoms with Gasteiger partial charge in [-0.3, -0.25) is 9.59 Å². The number of aromatic amines is 2. The molecule has 10 heteroatoms. The van der Waals surface area contributed by atoms with Crippen LogP contribution >= 0.6 is 0 Å². The number of allylic oxidation sites excluding steroid dienone is 1. The van der Waals surface area contributed by atoms with Crippen molar-refractivity contribution in [2.75, 3.05) is 26.4 Å². The van der Waals surface area contributed by atoms with Crippen molar-refractivity contribution >= 4 is 36.2 Å². The summed E-state index contributed by atoms with van der Waals surface area (Å²) in [5, 5.41) is 9.53. The Balaban J connectivity index is 1.75. The first-order valence-electron chi connectivity index (χ1n) is 19.4. The maximum Gasteiger partial charge on any atom is 0.306 e. The molecule has 56 heavy (non-hydrogen) atoms. The number of fused-ring (bicyclic) bond motifs is 8. The van der Waals surface area contributed by atoms with Crippen molar-refractivity contribution in [3.8, 4) is 0 Å². The lowest BCUT2D eigenvalue weighted by molar-refractivity contribution is -0.143. The zero-order valence-electron chi connectivity index (χ0n) is 33.9. The molecular weight excluding hydrogens is 705 g/mol. The Hall–Kier alpha value is -5.32. The second-order valence-electron chi connectivity index (χ2n) is 14.5. The summed E-state index contributed by atoms with van der Waals surface area (Å²) in [6, 6.07) is -0.315. The van der Waals surface area contributed by atoms with E-state index in [1.165, 1.54) is 0 Å². The Morgan fingerprint density at radius 1 is 0.679 bits per heavy atom. The van der Waals surface area contributed by atoms with Crippen molar-refractivity contribution in [2.24, 2.45) is 0 Å². The number of carbonyl (C=O) groups excluding carboxylic acids is 2. The average molecular weight is 763 g/mol. The molecule has 0 aromatic carbocycles. The van der Waals surface area contributed by atoms with Crippen LogP contribution in [0.5, 0.6) is 0 Å². The van der Waals surface area contributed by atoms with Crippen LogP contribution in [0.15, 0.2) is 84.3 Å². The van der Waals surface area contributed by atoms with Gasteiger partial charge in [-0.1, -0.05) is 37.5 Å². The highest BCUT2D eigenvalue weighted by Crippen LogP contribution is 2.35. The van der Waals surface area contributed by atoms with E-state index in [0.717, 1.165) is 78.0 Å². The first-order chi connectivity index (χ1) is 26.9. The van der Waals surface area contributed by atoms with Gasteiger partial charge in [0.2, 0.25) is 0 Å². The van der Waals surface area contributed by atoms with Crippen LogP contribution in [-0.2, 0) is 35.0 Å². The summed E-state index contributed by atoms with van der Waals surface area (Å²) in [5.41, 5.74) is 12.1. The number of hydrogen-bond donors (Lipinski definition) is 4. The fourth-order valence-electron chi connectivity index (χ4n) is 7.81. The van der Waals surface area contributed by atoms with Gasteiger partial charge in [-0.25, -0.2) is 0 Å². The molecule has 2 aromatic heterocycles. The number of carbonyl (C=O) groups is 2. The van der Waals surface area contributed by atoms with Crippen LogP contribution in [-0.4, -0.2) is 66.5 Å². The SMILES string of the molecule is C=CCOC(=O)CCC1=C(C)C2/C=c3\[nH]/c(c(C(C)OCC=C)c3C)=C\C3N/C(=C\c4[nH]c(c(CCC(=O)OCC=C)c4C)/C=C/1N2)C(C(C)OCC=C)=C3C. The number of hydrogen-bond acceptors (Lipinski definition) is 8. The maximum atomic E-state index is 12.7. The molecule has 0 radical (unpaired) electrons. The second-order valence-corrected chi connectivity index (χ2v) is 14.5. The summed E-state index contributed by atoms with van der Waals surface area (Å²) < 4.78 is 23.2. The summed E-state index contributed by atoms with van der Waals surface area (Å²) in [6.07, 6.45) is 16.3. The lowest BCUT2D eigenvalue weighted by atomic mass is 9.98. The van der Waals surface area contributed by atoms with Gasteiger partial charge in [0, 0.05) is 57.5 Å². The van der Waals surface area contributed by atoms with Gasteiger partial charge >= 0.3 is 11.9 Å². The van der Waals surface area contributed by atoms with E-state index in [0.29, 0.717) is 26.1 Å². The van der Waals surface area contributed by atoms with Gasteiger partial charge in [-0.2, -0.15) is 0 Å². The molecule has 4 unspecified atom stereocenters. The lowest BCUT2D eigenvalue weighted by Gasteiger charge is -2.16. The van der Waals surface area contributed by atoms with Crippen LogP contribution in [0.1, 0.15) is 86.7 Å². The maximum absolute atomic E-state index is 12.7. The van der Waals surface area contributed by atoms with E-state index in [1.54, 1.807) is 24.3 Å². The van der Waals surface area contributed by atoms with Gasteiger partial charge in [-0.15, -0.1) is 13.2 Å². The molecule has 298 valence electrons. The number of H-pyrrole nitrogens is 2. The summed E-state index contributed by atoms with van der Waals surface area (Å²) in [5.74, 6) is -0.579. The minimum absolute atomic E-state index is 0.144. The first-order valence-corrected chi connectivity index (χ1v) is 19.4. The average Bonchev–Trinajstić information content (AvgIpc) is 3.85. The first kappa shape index (κ1) is 41.8. The minimum Gasteiger partial charge on any atom is -0.461 e. The number of esters is 2. The molecule has 4 atom stereocenters. The molecule has 3 aliphatic heterocycles. The Morgan fingerprint density at radius 2 is 1.23 bits per heavy atom. The predicted octanol–water partition coefficient (Wildman–Crippen LogP) is 6.52. The van der Waals surface area contributed by atoms with Gasteiger partial charge < -0.3 is 39.5 Å². The quantitative estimate of drug-likeness (QED) is 0.100. The highest BCUT2D eigenvalue weighted by atomic mass is 16.5. The standard InChI is InChI=1S/C46H58N4O6/c1-11-19-53-31(9)45-29(7)37-23-35-27(5)33(15-17-43(51)55-21-13-3)39(47-35)26-40-34(16-18-44(52)56-22-14-4)28(6)36(48-40)24-41-46(32(10)54-20-12-2)30(8)38(50-41)25-42(45)49-37/h11-14,23-26,31-32,35,38,47-50H,1-4,15-22H2,5-10H3/b37-23-,39-26-,41-24-,42-25-. The van der Waals surface area contributed by atoms with E-state index < -0.39 is 0 Å². The molecule has 5 heterocycles. The molecule has 0 aliphatic carbocycles. The molecular formula is C46H58N4O6. The zero-order valence-corrected chi connectivity index (χ0v) is 33.9. The molecule has 4 N–H and O–H groups in total. The van der Waals surface area contributed by atoms with Crippen molar-refractivity contribution < 1.29 is 28.5 Å². The van der Waals surface area contributed by atoms with Gasteiger partial charge in [-0.05, 0) is 112 Å². The molecule has 0 amide bonds. The third-order valence-corrected chi connectivity index (χ3v) is 10.8. The van der Waals surface area contributed by atoms with Crippen LogP contribution in [0.25, 0.3) is 24.3 Å². The minimum atomic E-state index is -0.292. The molecule has 5 rings (SSSR count). The molecule has 3 aliphatic rings. The van der Waals surface area contributed by atoms with Crippen molar-refractivity contribution in [2.45, 2.75) is 91.5 Å². The molecule has 10 nitrogen and oxygen atoms in total. The van der Waals surface area contributed by atoms with Crippen molar-refractivity contribution in [1.29, 1.82) is 0 Å². The highest BCUT2D eigenvalue weighted by molar-refractivity contribution is 5.74. The van der Waals surface area contributed by atoms with Gasteiger partial charge in [0.1, 0.15) is 13.2 Å². The molecule has 8 bridgehead atoms. The molecule has 2 aromatic rings. The monoisotopic (exact) mass is 762 g/mol. The largest absolute Gasteiger partial charge is 0.461 e. The Labute approximate surface area is 331 Å². The van der Waals surface area contributed by atoms with Crippen molar-refractivity contribution in [3.63, 3.8) is 0 Å². The Kier molecular flexibility index (Phi) is 14.2. The molecule has 0 fully saturated rings. The van der Waals surface area contributed by atoms with Crippen LogP contribution in [0.4, 0.5) is 0 Å². The fraction of sp³-hybridized carbons (Fsp3) is 0.391. The Bertz CT molecular complexity index is 2120. The highest BCUT2D eigenvalue weighted by Gasteiger charge is 2.31. The fourth-order valence-corrected chi connectivity index (χ4v) is 7.81. The van der Waals surface area contributed by atoms with Gasteiger partial charge in [0.25, 0.3) is 0 Å². The number of ether oxygens (including phenoxy) is 4. The van der Waals surface area contributed by atoms with Gasteiger partial charge in [0.05, 0.1) is 37.5 Å². The van der Waals surface area contributed by atoms with Crippen molar-refractivity contribution in [1.82, 2.24) is 20.6 Å². The normalized spacial score (nSPS) is 21.5. The van der Waals surface area contributed by atoms with Crippen LogP contribution in [0.2, 0.25) is 0 Å². The smallest absolute Gasteiger partial charge is 0.306 e. The lowest BCUT2D eigenvalue weighted by Crippen LogP contribution is -2.27. The number of nitrogens with one attached hydrogen (secondary N) is 4. The zero-order chi connectivity index (χ0) is 40.5. The van der Waals surface area contributed by atoms with E-state index in [-0.39, 0.29) is 62.3 Å². The summed E-state index contributed by atoms with van der Waals surface area (Å²) in [7, 11) is 0. The van der Waals surface area contributed by atoms with Crippen LogP contribution in [0, 0.1) is 13.8 Å². The summed E-state index contributed by atoms with van der Waals surface area (Å²) >= 11 is 0. The topological polar surface area (TPSA) is 127 Å². The van der Waals surface area contributed by atoms with E-state index in [2.05, 4.69) is 113 Å². The van der Waals surface area contributed by atoms with Gasteiger partial charge in [0.15, 0.2) is 0 Å². The summed E-state index contributed by atoms with van der Waals surface area (Å²) in [6.45, 7) is 28.8.